The SMILES string of the molecule is COC(CN)CC(=O)Nc1ccc(C(=O)NCc2ccccc2F)cc1. The molecule has 0 heterocycles. The molecule has 2 aromatic rings. The Kier molecular flexibility index (Phi) is 7.25. The van der Waals surface area contributed by atoms with Crippen molar-refractivity contribution < 1.29 is 18.7 Å². The Labute approximate surface area is 151 Å². The van der Waals surface area contributed by atoms with Gasteiger partial charge >= 0.3 is 0 Å². The normalized spacial score (nSPS) is 11.7. The Balaban J connectivity index is 1.89. The molecule has 138 valence electrons. The fourth-order valence-corrected chi connectivity index (χ4v) is 2.31. The van der Waals surface area contributed by atoms with Crippen LogP contribution in [0, 0.1) is 5.82 Å². The van der Waals surface area contributed by atoms with Crippen LogP contribution in [0.1, 0.15) is 22.3 Å². The van der Waals surface area contributed by atoms with Gasteiger partial charge in [0.2, 0.25) is 5.91 Å². The molecule has 6 nitrogen and oxygen atoms in total. The fourth-order valence-electron chi connectivity index (χ4n) is 2.31. The third-order valence-corrected chi connectivity index (χ3v) is 3.84. The number of rotatable bonds is 8. The summed E-state index contributed by atoms with van der Waals surface area (Å²) in [5.74, 6) is -0.912. The molecule has 0 aromatic heterocycles. The number of nitrogens with two attached hydrogens (primary N) is 1. The summed E-state index contributed by atoms with van der Waals surface area (Å²) in [6, 6.07) is 12.7. The summed E-state index contributed by atoms with van der Waals surface area (Å²) >= 11 is 0. The molecule has 2 rings (SSSR count). The minimum Gasteiger partial charge on any atom is -0.380 e. The molecule has 1 atom stereocenters. The van der Waals surface area contributed by atoms with Crippen molar-refractivity contribution in [1.29, 1.82) is 0 Å². The minimum absolute atomic E-state index is 0.0987. The number of benzene rings is 2. The lowest BCUT2D eigenvalue weighted by Gasteiger charge is -2.13. The first kappa shape index (κ1) is 19.6. The number of halogens is 1. The molecule has 26 heavy (non-hydrogen) atoms. The lowest BCUT2D eigenvalue weighted by molar-refractivity contribution is -0.118. The maximum atomic E-state index is 13.6. The molecular weight excluding hydrogens is 337 g/mol. The largest absolute Gasteiger partial charge is 0.380 e. The van der Waals surface area contributed by atoms with Crippen LogP contribution in [0.25, 0.3) is 0 Å². The molecule has 4 N–H and O–H groups in total. The Bertz CT molecular complexity index is 746. The maximum Gasteiger partial charge on any atom is 0.251 e. The van der Waals surface area contributed by atoms with E-state index in [1.54, 1.807) is 42.5 Å². The molecule has 0 spiro atoms. The van der Waals surface area contributed by atoms with E-state index < -0.39 is 0 Å². The number of hydrogen-bond donors (Lipinski definition) is 3. The number of carbonyl (C=O) groups is 2. The van der Waals surface area contributed by atoms with E-state index in [4.69, 9.17) is 10.5 Å². The summed E-state index contributed by atoms with van der Waals surface area (Å²) < 4.78 is 18.6. The van der Waals surface area contributed by atoms with Crippen molar-refractivity contribution in [2.24, 2.45) is 5.73 Å². The summed E-state index contributed by atoms with van der Waals surface area (Å²) in [6.45, 7) is 0.354. The van der Waals surface area contributed by atoms with E-state index in [2.05, 4.69) is 10.6 Å². The van der Waals surface area contributed by atoms with Crippen LogP contribution >= 0.6 is 0 Å². The average molecular weight is 359 g/mol. The van der Waals surface area contributed by atoms with Gasteiger partial charge in [0.15, 0.2) is 0 Å². The van der Waals surface area contributed by atoms with Crippen LogP contribution in [0.15, 0.2) is 48.5 Å². The molecule has 0 bridgehead atoms. The smallest absolute Gasteiger partial charge is 0.251 e. The van der Waals surface area contributed by atoms with E-state index in [9.17, 15) is 14.0 Å². The lowest BCUT2D eigenvalue weighted by Crippen LogP contribution is -2.28. The van der Waals surface area contributed by atoms with Gasteiger partial charge in [-0.05, 0) is 30.3 Å². The van der Waals surface area contributed by atoms with Crippen molar-refractivity contribution in [3.05, 3.63) is 65.5 Å². The average Bonchev–Trinajstić information content (AvgIpc) is 2.65. The van der Waals surface area contributed by atoms with Crippen LogP contribution in [0.2, 0.25) is 0 Å². The van der Waals surface area contributed by atoms with E-state index in [0.29, 0.717) is 16.8 Å². The standard InChI is InChI=1S/C19H22FN3O3/c1-26-16(11-21)10-18(24)23-15-8-6-13(7-9-15)19(25)22-12-14-4-2-3-5-17(14)20/h2-9,16H,10-12,21H2,1H3,(H,22,25)(H,23,24). The number of anilines is 1. The number of ether oxygens (including phenoxy) is 1. The van der Waals surface area contributed by atoms with Gasteiger partial charge in [0.05, 0.1) is 12.5 Å². The number of carbonyl (C=O) groups excluding carboxylic acids is 2. The van der Waals surface area contributed by atoms with Gasteiger partial charge in [0.1, 0.15) is 5.82 Å². The van der Waals surface area contributed by atoms with E-state index >= 15 is 0 Å². The molecule has 0 saturated heterocycles. The Morgan fingerprint density at radius 3 is 2.46 bits per heavy atom. The first-order chi connectivity index (χ1) is 12.5. The second-order valence-electron chi connectivity index (χ2n) is 5.70. The van der Waals surface area contributed by atoms with Crippen LogP contribution in [0.5, 0.6) is 0 Å². The quantitative estimate of drug-likeness (QED) is 0.672. The number of amides is 2. The molecule has 0 radical (unpaired) electrons. The van der Waals surface area contributed by atoms with Crippen LogP contribution < -0.4 is 16.4 Å². The highest BCUT2D eigenvalue weighted by Gasteiger charge is 2.12. The summed E-state index contributed by atoms with van der Waals surface area (Å²) in [5.41, 5.74) is 6.87. The van der Waals surface area contributed by atoms with Gasteiger partial charge in [-0.15, -0.1) is 0 Å². The van der Waals surface area contributed by atoms with Gasteiger partial charge in [-0.2, -0.15) is 0 Å². The number of methoxy groups -OCH3 is 1. The predicted molar refractivity (Wildman–Crippen MR) is 97.1 cm³/mol. The van der Waals surface area contributed by atoms with Gasteiger partial charge in [-0.1, -0.05) is 18.2 Å². The van der Waals surface area contributed by atoms with E-state index in [0.717, 1.165) is 0 Å². The summed E-state index contributed by atoms with van der Waals surface area (Å²) in [6.07, 6.45) is -0.184. The van der Waals surface area contributed by atoms with Crippen LogP contribution in [0.3, 0.4) is 0 Å². The molecule has 0 aliphatic heterocycles. The zero-order valence-electron chi connectivity index (χ0n) is 14.5. The van der Waals surface area contributed by atoms with E-state index in [1.807, 2.05) is 0 Å². The van der Waals surface area contributed by atoms with Crippen LogP contribution in [0.4, 0.5) is 10.1 Å². The topological polar surface area (TPSA) is 93.4 Å². The van der Waals surface area contributed by atoms with Crippen LogP contribution in [-0.4, -0.2) is 31.6 Å². The monoisotopic (exact) mass is 359 g/mol. The van der Waals surface area contributed by atoms with Gasteiger partial charge in [0, 0.05) is 37.0 Å². The molecule has 0 saturated carbocycles. The van der Waals surface area contributed by atoms with Crippen molar-refractivity contribution in [2.75, 3.05) is 19.0 Å². The summed E-state index contributed by atoms with van der Waals surface area (Å²) in [4.78, 5) is 24.0. The third-order valence-electron chi connectivity index (χ3n) is 3.84. The highest BCUT2D eigenvalue weighted by Crippen LogP contribution is 2.11. The lowest BCUT2D eigenvalue weighted by atomic mass is 10.1. The summed E-state index contributed by atoms with van der Waals surface area (Å²) in [7, 11) is 1.50. The van der Waals surface area contributed by atoms with Crippen molar-refractivity contribution >= 4 is 17.5 Å². The van der Waals surface area contributed by atoms with E-state index in [-0.39, 0.29) is 43.2 Å². The van der Waals surface area contributed by atoms with Crippen LogP contribution in [-0.2, 0) is 16.1 Å². The van der Waals surface area contributed by atoms with Crippen molar-refractivity contribution in [2.45, 2.75) is 19.1 Å². The molecule has 1 unspecified atom stereocenters. The highest BCUT2D eigenvalue weighted by molar-refractivity contribution is 5.95. The first-order valence-electron chi connectivity index (χ1n) is 8.18. The van der Waals surface area contributed by atoms with Gasteiger partial charge < -0.3 is 21.1 Å². The van der Waals surface area contributed by atoms with Gasteiger partial charge in [-0.25, -0.2) is 4.39 Å². The molecular formula is C19H22FN3O3. The molecule has 0 aliphatic carbocycles. The van der Waals surface area contributed by atoms with Crippen molar-refractivity contribution in [3.8, 4) is 0 Å². The highest BCUT2D eigenvalue weighted by atomic mass is 19.1. The molecule has 2 aromatic carbocycles. The Morgan fingerprint density at radius 1 is 1.15 bits per heavy atom. The molecule has 0 aliphatic rings. The second kappa shape index (κ2) is 9.65. The van der Waals surface area contributed by atoms with E-state index in [1.165, 1.54) is 13.2 Å². The molecule has 7 heteroatoms. The predicted octanol–water partition coefficient (Wildman–Crippen LogP) is 2.06. The Hall–Kier alpha value is -2.77. The summed E-state index contributed by atoms with van der Waals surface area (Å²) in [5, 5.41) is 5.38. The van der Waals surface area contributed by atoms with Crippen molar-refractivity contribution in [1.82, 2.24) is 5.32 Å². The molecule has 2 amide bonds. The molecule has 0 fully saturated rings. The minimum atomic E-state index is -0.363. The zero-order valence-corrected chi connectivity index (χ0v) is 14.5. The fraction of sp³-hybridized carbons (Fsp3) is 0.263. The zero-order chi connectivity index (χ0) is 18.9. The Morgan fingerprint density at radius 2 is 1.85 bits per heavy atom. The van der Waals surface area contributed by atoms with Gasteiger partial charge in [-0.3, -0.25) is 9.59 Å². The first-order valence-corrected chi connectivity index (χ1v) is 8.18. The van der Waals surface area contributed by atoms with Gasteiger partial charge in [0.25, 0.3) is 5.91 Å². The van der Waals surface area contributed by atoms with Crippen molar-refractivity contribution in [3.63, 3.8) is 0 Å². The number of hydrogen-bond acceptors (Lipinski definition) is 4. The number of nitrogens with one attached hydrogen (secondary N) is 2. The maximum absolute atomic E-state index is 13.6. The third kappa shape index (κ3) is 5.65. The second-order valence-corrected chi connectivity index (χ2v) is 5.70.